The molecule has 1 aliphatic heterocycles. The van der Waals surface area contributed by atoms with Gasteiger partial charge in [-0.3, -0.25) is 4.79 Å². The maximum absolute atomic E-state index is 13.1. The molecule has 0 spiro atoms. The highest BCUT2D eigenvalue weighted by molar-refractivity contribution is 5.92. The lowest BCUT2D eigenvalue weighted by atomic mass is 9.91. The van der Waals surface area contributed by atoms with Gasteiger partial charge in [-0.2, -0.15) is 0 Å². The van der Waals surface area contributed by atoms with Crippen LogP contribution in [0.3, 0.4) is 0 Å². The number of para-hydroxylation sites is 1. The number of β-amino-alcohol motifs (C(OH)–C–C–N with tert-alkyl or cyclic N) is 1. The number of hydrogen-bond donors (Lipinski definition) is 1. The minimum atomic E-state index is -1.20. The van der Waals surface area contributed by atoms with Gasteiger partial charge in [0.25, 0.3) is 5.91 Å². The summed E-state index contributed by atoms with van der Waals surface area (Å²) in [4.78, 5) is 14.4. The largest absolute Gasteiger partial charge is 0.487 e. The van der Waals surface area contributed by atoms with Crippen molar-refractivity contribution < 1.29 is 23.4 Å². The molecule has 0 unspecified atom stereocenters. The van der Waals surface area contributed by atoms with Crippen molar-refractivity contribution in [1.29, 1.82) is 0 Å². The Balaban J connectivity index is 1.44. The summed E-state index contributed by atoms with van der Waals surface area (Å²) >= 11 is 0. The summed E-state index contributed by atoms with van der Waals surface area (Å²) in [7, 11) is 0. The molecule has 0 aliphatic carbocycles. The lowest BCUT2D eigenvalue weighted by Gasteiger charge is -2.42. The normalized spacial score (nSPS) is 21.8. The van der Waals surface area contributed by atoms with Crippen LogP contribution in [0.2, 0.25) is 0 Å². The van der Waals surface area contributed by atoms with Gasteiger partial charge < -0.3 is 19.2 Å². The Morgan fingerprint density at radius 2 is 1.86 bits per heavy atom. The van der Waals surface area contributed by atoms with Gasteiger partial charge in [-0.05, 0) is 55.5 Å². The zero-order chi connectivity index (χ0) is 20.4. The molecule has 1 fully saturated rings. The number of furan rings is 1. The number of hydrogen-bond acceptors (Lipinski definition) is 4. The lowest BCUT2D eigenvalue weighted by Crippen LogP contribution is -2.58. The number of rotatable bonds is 4. The maximum atomic E-state index is 13.1. The minimum absolute atomic E-state index is 0.135. The number of aliphatic hydroxyl groups is 1. The number of benzene rings is 2. The first-order valence-electron chi connectivity index (χ1n) is 9.51. The first-order chi connectivity index (χ1) is 13.9. The van der Waals surface area contributed by atoms with Crippen LogP contribution < -0.4 is 4.74 Å². The standard InChI is InChI=1S/C23H22FNO4/c1-23(27)15-25(14-13-21(23)28-18-5-3-2-4-6-18)22(26)20-12-11-19(29-20)16-7-9-17(24)10-8-16/h2-12,21,27H,13-15H2,1H3/t21-,23-/m0/s1. The molecular weight excluding hydrogens is 373 g/mol. The third-order valence-corrected chi connectivity index (χ3v) is 5.12. The second-order valence-electron chi connectivity index (χ2n) is 7.46. The summed E-state index contributed by atoms with van der Waals surface area (Å²) in [5.41, 5.74) is -0.511. The highest BCUT2D eigenvalue weighted by atomic mass is 19.1. The SMILES string of the molecule is C[C@]1(O)CN(C(=O)c2ccc(-c3ccc(F)cc3)o2)CC[C@@H]1Oc1ccccc1. The Kier molecular flexibility index (Phi) is 5.11. The topological polar surface area (TPSA) is 62.9 Å². The van der Waals surface area contributed by atoms with Crippen LogP contribution in [-0.4, -0.2) is 40.7 Å². The highest BCUT2D eigenvalue weighted by Gasteiger charge is 2.41. The molecule has 3 aromatic rings. The van der Waals surface area contributed by atoms with Gasteiger partial charge in [0.05, 0.1) is 6.54 Å². The average Bonchev–Trinajstić information content (AvgIpc) is 3.20. The maximum Gasteiger partial charge on any atom is 0.289 e. The molecule has 2 atom stereocenters. The van der Waals surface area contributed by atoms with Crippen molar-refractivity contribution in [3.63, 3.8) is 0 Å². The van der Waals surface area contributed by atoms with E-state index in [1.54, 1.807) is 36.1 Å². The number of carbonyl (C=O) groups is 1. The number of piperidine rings is 1. The molecule has 1 aromatic heterocycles. The van der Waals surface area contributed by atoms with E-state index in [9.17, 15) is 14.3 Å². The fraction of sp³-hybridized carbons (Fsp3) is 0.261. The van der Waals surface area contributed by atoms with Gasteiger partial charge in [-0.15, -0.1) is 0 Å². The molecule has 1 saturated heterocycles. The van der Waals surface area contributed by atoms with E-state index >= 15 is 0 Å². The summed E-state index contributed by atoms with van der Waals surface area (Å²) in [6, 6.07) is 18.5. The first kappa shape index (κ1) is 19.2. The van der Waals surface area contributed by atoms with E-state index in [2.05, 4.69) is 0 Å². The molecule has 6 heteroatoms. The molecule has 29 heavy (non-hydrogen) atoms. The molecule has 1 N–H and O–H groups in total. The summed E-state index contributed by atoms with van der Waals surface area (Å²) in [6.45, 7) is 2.25. The van der Waals surface area contributed by atoms with E-state index in [0.29, 0.717) is 30.0 Å². The number of nitrogens with zero attached hydrogens (tertiary/aromatic N) is 1. The molecule has 150 valence electrons. The molecule has 2 heterocycles. The zero-order valence-electron chi connectivity index (χ0n) is 16.0. The van der Waals surface area contributed by atoms with Crippen LogP contribution in [0, 0.1) is 5.82 Å². The molecule has 1 aliphatic rings. The predicted octanol–water partition coefficient (Wildman–Crippen LogP) is 4.13. The molecule has 1 amide bonds. The highest BCUT2D eigenvalue weighted by Crippen LogP contribution is 2.28. The third-order valence-electron chi connectivity index (χ3n) is 5.12. The van der Waals surface area contributed by atoms with Crippen LogP contribution in [-0.2, 0) is 0 Å². The van der Waals surface area contributed by atoms with E-state index < -0.39 is 11.7 Å². The van der Waals surface area contributed by atoms with E-state index in [4.69, 9.17) is 9.15 Å². The number of amides is 1. The fourth-order valence-electron chi connectivity index (χ4n) is 3.55. The van der Waals surface area contributed by atoms with Gasteiger partial charge >= 0.3 is 0 Å². The van der Waals surface area contributed by atoms with Crippen molar-refractivity contribution in [2.45, 2.75) is 25.0 Å². The van der Waals surface area contributed by atoms with Crippen LogP contribution in [0.25, 0.3) is 11.3 Å². The molecular formula is C23H22FNO4. The lowest BCUT2D eigenvalue weighted by molar-refractivity contribution is -0.0902. The van der Waals surface area contributed by atoms with Gasteiger partial charge in [0.1, 0.15) is 29.0 Å². The summed E-state index contributed by atoms with van der Waals surface area (Å²) in [6.07, 6.45) is 0.0828. The summed E-state index contributed by atoms with van der Waals surface area (Å²) in [5, 5.41) is 10.9. The van der Waals surface area contributed by atoms with Gasteiger partial charge in [0, 0.05) is 18.5 Å². The van der Waals surface area contributed by atoms with Crippen LogP contribution in [0.15, 0.2) is 71.1 Å². The van der Waals surface area contributed by atoms with Crippen molar-refractivity contribution >= 4 is 5.91 Å². The molecule has 2 aromatic carbocycles. The second kappa shape index (κ2) is 7.72. The Hall–Kier alpha value is -3.12. The first-order valence-corrected chi connectivity index (χ1v) is 9.51. The molecule has 0 saturated carbocycles. The predicted molar refractivity (Wildman–Crippen MR) is 106 cm³/mol. The quantitative estimate of drug-likeness (QED) is 0.722. The summed E-state index contributed by atoms with van der Waals surface area (Å²) < 4.78 is 24.7. The Morgan fingerprint density at radius 1 is 1.14 bits per heavy atom. The monoisotopic (exact) mass is 395 g/mol. The third kappa shape index (κ3) is 4.17. The van der Waals surface area contributed by atoms with Crippen molar-refractivity contribution in [2.75, 3.05) is 13.1 Å². The van der Waals surface area contributed by atoms with E-state index in [1.807, 2.05) is 30.3 Å². The smallest absolute Gasteiger partial charge is 0.289 e. The Labute approximate surface area is 168 Å². The minimum Gasteiger partial charge on any atom is -0.487 e. The van der Waals surface area contributed by atoms with Gasteiger partial charge in [0.2, 0.25) is 0 Å². The number of halogens is 1. The van der Waals surface area contributed by atoms with Gasteiger partial charge in [-0.1, -0.05) is 18.2 Å². The van der Waals surface area contributed by atoms with Crippen LogP contribution in [0.5, 0.6) is 5.75 Å². The molecule has 0 bridgehead atoms. The zero-order valence-corrected chi connectivity index (χ0v) is 16.0. The van der Waals surface area contributed by atoms with Crippen LogP contribution in [0.4, 0.5) is 4.39 Å². The number of carbonyl (C=O) groups excluding carboxylic acids is 1. The van der Waals surface area contributed by atoms with E-state index in [1.165, 1.54) is 12.1 Å². The van der Waals surface area contributed by atoms with Crippen molar-refractivity contribution in [2.24, 2.45) is 0 Å². The Morgan fingerprint density at radius 3 is 2.55 bits per heavy atom. The average molecular weight is 395 g/mol. The summed E-state index contributed by atoms with van der Waals surface area (Å²) in [5.74, 6) is 0.730. The van der Waals surface area contributed by atoms with Gasteiger partial charge in [0.15, 0.2) is 5.76 Å². The molecule has 4 rings (SSSR count). The van der Waals surface area contributed by atoms with Crippen molar-refractivity contribution in [3.8, 4) is 17.1 Å². The van der Waals surface area contributed by atoms with Crippen molar-refractivity contribution in [1.82, 2.24) is 4.90 Å². The Bertz CT molecular complexity index is 982. The van der Waals surface area contributed by atoms with Crippen LogP contribution in [0.1, 0.15) is 23.9 Å². The second-order valence-corrected chi connectivity index (χ2v) is 7.46. The number of ether oxygens (including phenoxy) is 1. The van der Waals surface area contributed by atoms with E-state index in [0.717, 1.165) is 0 Å². The fourth-order valence-corrected chi connectivity index (χ4v) is 3.55. The molecule has 0 radical (unpaired) electrons. The van der Waals surface area contributed by atoms with Crippen molar-refractivity contribution in [3.05, 3.63) is 78.3 Å². The molecule has 5 nitrogen and oxygen atoms in total. The number of likely N-dealkylation sites (tertiary alicyclic amines) is 1. The van der Waals surface area contributed by atoms with E-state index in [-0.39, 0.29) is 24.0 Å². The van der Waals surface area contributed by atoms with Gasteiger partial charge in [-0.25, -0.2) is 4.39 Å². The van der Waals surface area contributed by atoms with Crippen LogP contribution >= 0.6 is 0 Å².